The molecular weight excluding hydrogens is 274 g/mol. The van der Waals surface area contributed by atoms with Crippen LogP contribution in [0.15, 0.2) is 28.7 Å². The van der Waals surface area contributed by atoms with Crippen LogP contribution in [0.2, 0.25) is 5.02 Å². The summed E-state index contributed by atoms with van der Waals surface area (Å²) in [6, 6.07) is 7.61. The van der Waals surface area contributed by atoms with Gasteiger partial charge in [0.25, 0.3) is 0 Å². The van der Waals surface area contributed by atoms with E-state index in [4.69, 9.17) is 16.0 Å². The molecule has 3 nitrogen and oxygen atoms in total. The quantitative estimate of drug-likeness (QED) is 0.915. The smallest absolute Gasteiger partial charge is 0.153 e. The van der Waals surface area contributed by atoms with Gasteiger partial charge in [0.1, 0.15) is 11.4 Å². The molecule has 0 spiro atoms. The van der Waals surface area contributed by atoms with Crippen LogP contribution in [0.25, 0.3) is 11.0 Å². The molecule has 1 N–H and O–H groups in total. The predicted octanol–water partition coefficient (Wildman–Crippen LogP) is 3.78. The van der Waals surface area contributed by atoms with E-state index in [1.807, 2.05) is 24.3 Å². The van der Waals surface area contributed by atoms with Gasteiger partial charge in [-0.1, -0.05) is 30.7 Å². The number of likely N-dealkylation sites (tertiary alicyclic amines) is 1. The van der Waals surface area contributed by atoms with Crippen molar-refractivity contribution >= 4 is 22.6 Å². The number of para-hydroxylation sites is 1. The predicted molar refractivity (Wildman–Crippen MR) is 81.1 cm³/mol. The number of halogens is 1. The van der Waals surface area contributed by atoms with Gasteiger partial charge in [0, 0.05) is 11.9 Å². The molecule has 1 fully saturated rings. The standard InChI is InChI=1S/C16H20ClNO2/c1-2-18-9-4-7-16(19,8-10-18)14-11-12-5-3-6-13(17)15(12)20-14/h3,5-6,11,19H,2,4,7-10H2,1H3. The molecule has 0 radical (unpaired) electrons. The highest BCUT2D eigenvalue weighted by atomic mass is 35.5. The van der Waals surface area contributed by atoms with Crippen LogP contribution in [0, 0.1) is 0 Å². The highest BCUT2D eigenvalue weighted by Crippen LogP contribution is 2.37. The lowest BCUT2D eigenvalue weighted by Gasteiger charge is -2.24. The number of aliphatic hydroxyl groups is 1. The molecule has 0 amide bonds. The van der Waals surface area contributed by atoms with Crippen molar-refractivity contribution in [3.8, 4) is 0 Å². The monoisotopic (exact) mass is 293 g/mol. The molecule has 108 valence electrons. The first kappa shape index (κ1) is 13.9. The van der Waals surface area contributed by atoms with Gasteiger partial charge in [-0.15, -0.1) is 0 Å². The Kier molecular flexibility index (Phi) is 3.76. The van der Waals surface area contributed by atoms with Crippen molar-refractivity contribution in [1.82, 2.24) is 4.90 Å². The van der Waals surface area contributed by atoms with Gasteiger partial charge in [0.05, 0.1) is 5.02 Å². The minimum absolute atomic E-state index is 0.598. The van der Waals surface area contributed by atoms with E-state index in [2.05, 4.69) is 11.8 Å². The van der Waals surface area contributed by atoms with E-state index in [-0.39, 0.29) is 0 Å². The minimum atomic E-state index is -0.869. The Morgan fingerprint density at radius 1 is 1.35 bits per heavy atom. The maximum absolute atomic E-state index is 11.0. The highest BCUT2D eigenvalue weighted by molar-refractivity contribution is 6.34. The third-order valence-electron chi connectivity index (χ3n) is 4.31. The van der Waals surface area contributed by atoms with Crippen LogP contribution in [0.4, 0.5) is 0 Å². The van der Waals surface area contributed by atoms with Gasteiger partial charge in [-0.05, 0) is 44.5 Å². The molecule has 1 saturated heterocycles. The van der Waals surface area contributed by atoms with Crippen molar-refractivity contribution in [1.29, 1.82) is 0 Å². The van der Waals surface area contributed by atoms with Gasteiger partial charge < -0.3 is 14.4 Å². The lowest BCUT2D eigenvalue weighted by Crippen LogP contribution is -2.28. The molecule has 2 heterocycles. The fraction of sp³-hybridized carbons (Fsp3) is 0.500. The van der Waals surface area contributed by atoms with Crippen molar-refractivity contribution < 1.29 is 9.52 Å². The van der Waals surface area contributed by atoms with Crippen LogP contribution in [0.5, 0.6) is 0 Å². The Hall–Kier alpha value is -1.03. The second-order valence-corrected chi connectivity index (χ2v) is 6.00. The molecule has 1 unspecified atom stereocenters. The molecule has 3 rings (SSSR count). The van der Waals surface area contributed by atoms with E-state index in [0.29, 0.717) is 22.8 Å². The number of nitrogens with zero attached hydrogens (tertiary/aromatic N) is 1. The van der Waals surface area contributed by atoms with Crippen molar-refractivity contribution in [2.75, 3.05) is 19.6 Å². The van der Waals surface area contributed by atoms with E-state index < -0.39 is 5.60 Å². The molecule has 0 aliphatic carbocycles. The molecule has 20 heavy (non-hydrogen) atoms. The first-order chi connectivity index (χ1) is 9.62. The van der Waals surface area contributed by atoms with Crippen molar-refractivity contribution in [3.05, 3.63) is 35.0 Å². The number of hydrogen-bond donors (Lipinski definition) is 1. The average molecular weight is 294 g/mol. The molecule has 1 aromatic carbocycles. The minimum Gasteiger partial charge on any atom is -0.456 e. The molecule has 1 aromatic heterocycles. The van der Waals surface area contributed by atoms with Gasteiger partial charge in [-0.25, -0.2) is 0 Å². The Morgan fingerprint density at radius 2 is 2.20 bits per heavy atom. The summed E-state index contributed by atoms with van der Waals surface area (Å²) in [5, 5.41) is 12.5. The van der Waals surface area contributed by atoms with Gasteiger partial charge in [-0.3, -0.25) is 0 Å². The summed E-state index contributed by atoms with van der Waals surface area (Å²) in [4.78, 5) is 2.37. The van der Waals surface area contributed by atoms with Gasteiger partial charge in [0.15, 0.2) is 5.58 Å². The summed E-state index contributed by atoms with van der Waals surface area (Å²) in [5.41, 5.74) is -0.194. The normalized spacial score (nSPS) is 24.9. The van der Waals surface area contributed by atoms with Crippen molar-refractivity contribution in [3.63, 3.8) is 0 Å². The summed E-state index contributed by atoms with van der Waals surface area (Å²) in [6.45, 7) is 5.13. The van der Waals surface area contributed by atoms with Crippen LogP contribution in [0.3, 0.4) is 0 Å². The van der Waals surface area contributed by atoms with Crippen LogP contribution >= 0.6 is 11.6 Å². The van der Waals surface area contributed by atoms with E-state index in [1.165, 1.54) is 0 Å². The molecule has 0 saturated carbocycles. The summed E-state index contributed by atoms with van der Waals surface area (Å²) in [7, 11) is 0. The van der Waals surface area contributed by atoms with Crippen molar-refractivity contribution in [2.24, 2.45) is 0 Å². The molecule has 0 bridgehead atoms. The fourth-order valence-electron chi connectivity index (χ4n) is 2.99. The lowest BCUT2D eigenvalue weighted by molar-refractivity contribution is 0.00191. The van der Waals surface area contributed by atoms with E-state index in [9.17, 15) is 5.11 Å². The third kappa shape index (κ3) is 2.46. The van der Waals surface area contributed by atoms with Crippen LogP contribution in [0.1, 0.15) is 31.9 Å². The van der Waals surface area contributed by atoms with Crippen molar-refractivity contribution in [2.45, 2.75) is 31.8 Å². The Balaban J connectivity index is 1.94. The molecule has 2 aromatic rings. The van der Waals surface area contributed by atoms with Crippen LogP contribution in [-0.2, 0) is 5.60 Å². The fourth-order valence-corrected chi connectivity index (χ4v) is 3.21. The Bertz CT molecular complexity index is 610. The highest BCUT2D eigenvalue weighted by Gasteiger charge is 2.35. The van der Waals surface area contributed by atoms with E-state index in [1.54, 1.807) is 0 Å². The first-order valence-corrected chi connectivity index (χ1v) is 7.63. The number of benzene rings is 1. The number of hydrogen-bond acceptors (Lipinski definition) is 3. The van der Waals surface area contributed by atoms with Gasteiger partial charge in [0.2, 0.25) is 0 Å². The Morgan fingerprint density at radius 3 is 2.95 bits per heavy atom. The summed E-state index contributed by atoms with van der Waals surface area (Å²) >= 11 is 6.15. The molecule has 1 aliphatic rings. The molecule has 1 atom stereocenters. The number of furan rings is 1. The average Bonchev–Trinajstić information content (AvgIpc) is 2.80. The first-order valence-electron chi connectivity index (χ1n) is 7.26. The van der Waals surface area contributed by atoms with Crippen LogP contribution < -0.4 is 0 Å². The zero-order valence-electron chi connectivity index (χ0n) is 11.7. The van der Waals surface area contributed by atoms with E-state index >= 15 is 0 Å². The van der Waals surface area contributed by atoms with Gasteiger partial charge >= 0.3 is 0 Å². The number of rotatable bonds is 2. The molecular formula is C16H20ClNO2. The second kappa shape index (κ2) is 5.40. The van der Waals surface area contributed by atoms with Gasteiger partial charge in [-0.2, -0.15) is 0 Å². The zero-order chi connectivity index (χ0) is 14.2. The SMILES string of the molecule is CCN1CCCC(O)(c2cc3cccc(Cl)c3o2)CC1. The zero-order valence-corrected chi connectivity index (χ0v) is 12.5. The third-order valence-corrected chi connectivity index (χ3v) is 4.61. The second-order valence-electron chi connectivity index (χ2n) is 5.59. The van der Waals surface area contributed by atoms with Crippen LogP contribution in [-0.4, -0.2) is 29.6 Å². The topological polar surface area (TPSA) is 36.6 Å². The maximum atomic E-state index is 11.0. The lowest BCUT2D eigenvalue weighted by atomic mass is 9.92. The Labute approximate surface area is 124 Å². The summed E-state index contributed by atoms with van der Waals surface area (Å²) in [6.07, 6.45) is 2.42. The number of fused-ring (bicyclic) bond motifs is 1. The van der Waals surface area contributed by atoms with E-state index in [0.717, 1.165) is 37.9 Å². The molecule has 4 heteroatoms. The summed E-state index contributed by atoms with van der Waals surface area (Å²) in [5.74, 6) is 0.651. The largest absolute Gasteiger partial charge is 0.456 e. The molecule has 1 aliphatic heterocycles. The summed E-state index contributed by atoms with van der Waals surface area (Å²) < 4.78 is 5.87. The maximum Gasteiger partial charge on any atom is 0.153 e.